The van der Waals surface area contributed by atoms with Gasteiger partial charge in [0.25, 0.3) is 11.5 Å². The molecule has 0 aliphatic carbocycles. The summed E-state index contributed by atoms with van der Waals surface area (Å²) in [6, 6.07) is 16.7. The lowest BCUT2D eigenvalue weighted by molar-refractivity contribution is -0.0504. The van der Waals surface area contributed by atoms with E-state index in [1.54, 1.807) is 25.2 Å². The first-order chi connectivity index (χ1) is 15.8. The molecule has 0 aliphatic rings. The maximum Gasteiger partial charge on any atom is 0.387 e. The molecule has 7 nitrogen and oxygen atoms in total. The molecule has 0 fully saturated rings. The van der Waals surface area contributed by atoms with E-state index in [0.717, 1.165) is 21.5 Å². The average Bonchev–Trinajstić information content (AvgIpc) is 3.26. The highest BCUT2D eigenvalue weighted by Crippen LogP contribution is 2.23. The number of rotatable bonds is 7. The molecule has 0 saturated heterocycles. The summed E-state index contributed by atoms with van der Waals surface area (Å²) >= 11 is 1.01. The Morgan fingerprint density at radius 1 is 1.09 bits per heavy atom. The largest absolute Gasteiger partial charge is 0.434 e. The van der Waals surface area contributed by atoms with Crippen molar-refractivity contribution in [3.63, 3.8) is 0 Å². The molecule has 0 bridgehead atoms. The van der Waals surface area contributed by atoms with Crippen molar-refractivity contribution in [1.82, 2.24) is 14.5 Å². The lowest BCUT2D eigenvalue weighted by Gasteiger charge is -2.10. The highest BCUT2D eigenvalue weighted by molar-refractivity contribution is 7.20. The summed E-state index contributed by atoms with van der Waals surface area (Å²) in [5.41, 5.74) is 0.213. The number of aryl methyl sites for hydroxylation is 1. The maximum absolute atomic E-state index is 13.0. The number of para-hydroxylation sites is 1. The van der Waals surface area contributed by atoms with Crippen molar-refractivity contribution in [3.05, 3.63) is 97.5 Å². The van der Waals surface area contributed by atoms with Gasteiger partial charge in [-0.05, 0) is 17.7 Å². The standard InChI is InChI=1S/C23H19F2N3O4S/c1-27-21-16(20(30)28(23(27)31)13-14-7-3-2-4-8-14)11-18(33-21)19(29)26-12-15-9-5-6-10-17(15)32-22(24)25/h2-11,22H,12-13H2,1H3,(H,26,29). The van der Waals surface area contributed by atoms with Crippen molar-refractivity contribution in [1.29, 1.82) is 0 Å². The second-order valence-electron chi connectivity index (χ2n) is 7.22. The summed E-state index contributed by atoms with van der Waals surface area (Å²) in [7, 11) is 1.54. The fourth-order valence-electron chi connectivity index (χ4n) is 3.42. The Morgan fingerprint density at radius 3 is 2.52 bits per heavy atom. The summed E-state index contributed by atoms with van der Waals surface area (Å²) in [6.45, 7) is -2.92. The number of halogens is 2. The Balaban J connectivity index is 1.61. The third-order valence-electron chi connectivity index (χ3n) is 5.05. The summed E-state index contributed by atoms with van der Waals surface area (Å²) in [5, 5.41) is 2.90. The highest BCUT2D eigenvalue weighted by atomic mass is 32.1. The second kappa shape index (κ2) is 9.37. The zero-order valence-electron chi connectivity index (χ0n) is 17.5. The van der Waals surface area contributed by atoms with Gasteiger partial charge in [0.1, 0.15) is 10.6 Å². The molecule has 1 N–H and O–H groups in total. The maximum atomic E-state index is 13.0. The van der Waals surface area contributed by atoms with Crippen LogP contribution < -0.4 is 21.3 Å². The van der Waals surface area contributed by atoms with Crippen LogP contribution in [0, 0.1) is 0 Å². The van der Waals surface area contributed by atoms with Crippen molar-refractivity contribution in [2.24, 2.45) is 7.05 Å². The van der Waals surface area contributed by atoms with Gasteiger partial charge in [-0.3, -0.25) is 18.7 Å². The number of carbonyl (C=O) groups is 1. The Labute approximate surface area is 190 Å². The van der Waals surface area contributed by atoms with Crippen molar-refractivity contribution in [2.75, 3.05) is 0 Å². The Morgan fingerprint density at radius 2 is 1.79 bits per heavy atom. The molecule has 33 heavy (non-hydrogen) atoms. The van der Waals surface area contributed by atoms with Crippen LogP contribution in [0.1, 0.15) is 20.8 Å². The number of alkyl halides is 2. The van der Waals surface area contributed by atoms with Crippen LogP contribution in [0.15, 0.2) is 70.3 Å². The normalized spacial score (nSPS) is 11.2. The summed E-state index contributed by atoms with van der Waals surface area (Å²) < 4.78 is 32.1. The van der Waals surface area contributed by atoms with Gasteiger partial charge in [0.2, 0.25) is 0 Å². The van der Waals surface area contributed by atoms with Crippen molar-refractivity contribution in [3.8, 4) is 5.75 Å². The topological polar surface area (TPSA) is 82.3 Å². The van der Waals surface area contributed by atoms with E-state index in [1.807, 2.05) is 30.3 Å². The number of benzene rings is 2. The quantitative estimate of drug-likeness (QED) is 0.448. The van der Waals surface area contributed by atoms with E-state index in [-0.39, 0.29) is 29.1 Å². The average molecular weight is 471 g/mol. The van der Waals surface area contributed by atoms with E-state index in [1.165, 1.54) is 16.7 Å². The molecule has 1 amide bonds. The molecule has 0 aliphatic heterocycles. The van der Waals surface area contributed by atoms with Gasteiger partial charge >= 0.3 is 12.3 Å². The predicted molar refractivity (Wildman–Crippen MR) is 121 cm³/mol. The van der Waals surface area contributed by atoms with Crippen LogP contribution in [0.2, 0.25) is 0 Å². The molecular weight excluding hydrogens is 452 g/mol. The third-order valence-corrected chi connectivity index (χ3v) is 6.26. The first-order valence-electron chi connectivity index (χ1n) is 9.93. The van der Waals surface area contributed by atoms with E-state index in [0.29, 0.717) is 10.4 Å². The zero-order valence-corrected chi connectivity index (χ0v) is 18.3. The summed E-state index contributed by atoms with van der Waals surface area (Å²) in [4.78, 5) is 39.1. The van der Waals surface area contributed by atoms with Gasteiger partial charge < -0.3 is 10.1 Å². The van der Waals surface area contributed by atoms with Crippen molar-refractivity contribution in [2.45, 2.75) is 19.7 Å². The molecule has 0 atom stereocenters. The molecule has 170 valence electrons. The van der Waals surface area contributed by atoms with Crippen LogP contribution in [-0.4, -0.2) is 21.7 Å². The number of aromatic nitrogens is 2. The van der Waals surface area contributed by atoms with E-state index in [2.05, 4.69) is 10.1 Å². The molecule has 0 spiro atoms. The molecule has 4 rings (SSSR count). The first-order valence-corrected chi connectivity index (χ1v) is 10.7. The van der Waals surface area contributed by atoms with Crippen LogP contribution in [0.5, 0.6) is 5.75 Å². The number of hydrogen-bond acceptors (Lipinski definition) is 5. The molecule has 10 heteroatoms. The minimum Gasteiger partial charge on any atom is -0.434 e. The van der Waals surface area contributed by atoms with Gasteiger partial charge in [-0.1, -0.05) is 48.5 Å². The molecule has 0 unspecified atom stereocenters. The van der Waals surface area contributed by atoms with Gasteiger partial charge in [0.05, 0.1) is 16.8 Å². The van der Waals surface area contributed by atoms with Crippen LogP contribution in [0.4, 0.5) is 8.78 Å². The lowest BCUT2D eigenvalue weighted by Crippen LogP contribution is -2.38. The SMILES string of the molecule is Cn1c(=O)n(Cc2ccccc2)c(=O)c2cc(C(=O)NCc3ccccc3OC(F)F)sc21. The van der Waals surface area contributed by atoms with Crippen LogP contribution in [0.25, 0.3) is 10.2 Å². The number of ether oxygens (including phenoxy) is 1. The Kier molecular flexibility index (Phi) is 6.36. The summed E-state index contributed by atoms with van der Waals surface area (Å²) in [5.74, 6) is -0.528. The molecule has 2 heterocycles. The molecule has 4 aromatic rings. The summed E-state index contributed by atoms with van der Waals surface area (Å²) in [6.07, 6.45) is 0. The number of amides is 1. The minimum atomic E-state index is -2.98. The molecule has 0 saturated carbocycles. The van der Waals surface area contributed by atoms with Crippen LogP contribution in [0.3, 0.4) is 0 Å². The lowest BCUT2D eigenvalue weighted by atomic mass is 10.2. The number of fused-ring (bicyclic) bond motifs is 1. The van der Waals surface area contributed by atoms with Crippen molar-refractivity contribution < 1.29 is 18.3 Å². The number of nitrogens with zero attached hydrogens (tertiary/aromatic N) is 2. The van der Waals surface area contributed by atoms with Gasteiger partial charge in [-0.15, -0.1) is 11.3 Å². The third kappa shape index (κ3) is 4.70. The van der Waals surface area contributed by atoms with Gasteiger partial charge in [-0.25, -0.2) is 4.79 Å². The minimum absolute atomic E-state index is 0.0321. The molecule has 0 radical (unpaired) electrons. The van der Waals surface area contributed by atoms with E-state index < -0.39 is 23.8 Å². The zero-order chi connectivity index (χ0) is 23.5. The van der Waals surface area contributed by atoms with Gasteiger partial charge in [-0.2, -0.15) is 8.78 Å². The van der Waals surface area contributed by atoms with Crippen LogP contribution in [-0.2, 0) is 20.1 Å². The fourth-order valence-corrected chi connectivity index (χ4v) is 4.45. The second-order valence-corrected chi connectivity index (χ2v) is 8.25. The number of carbonyl (C=O) groups excluding carboxylic acids is 1. The molecule has 2 aromatic heterocycles. The Hall–Kier alpha value is -3.79. The Bertz CT molecular complexity index is 1430. The monoisotopic (exact) mass is 471 g/mol. The van der Waals surface area contributed by atoms with Gasteiger partial charge in [0, 0.05) is 19.2 Å². The molecule has 2 aromatic carbocycles. The number of thiophene rings is 1. The van der Waals surface area contributed by atoms with E-state index in [9.17, 15) is 23.2 Å². The first kappa shape index (κ1) is 22.4. The fraction of sp³-hybridized carbons (Fsp3) is 0.174. The molecular formula is C23H19F2N3O4S. The predicted octanol–water partition coefficient (Wildman–Crippen LogP) is 3.34. The van der Waals surface area contributed by atoms with Crippen LogP contribution >= 0.6 is 11.3 Å². The number of nitrogens with one attached hydrogen (secondary N) is 1. The van der Waals surface area contributed by atoms with Gasteiger partial charge in [0.15, 0.2) is 0 Å². The highest BCUT2D eigenvalue weighted by Gasteiger charge is 2.18. The van der Waals surface area contributed by atoms with E-state index in [4.69, 9.17) is 0 Å². The smallest absolute Gasteiger partial charge is 0.387 e. The number of hydrogen-bond donors (Lipinski definition) is 1. The van der Waals surface area contributed by atoms with Crippen molar-refractivity contribution >= 4 is 27.5 Å². The van der Waals surface area contributed by atoms with E-state index >= 15 is 0 Å².